The Labute approximate surface area is 111 Å². The summed E-state index contributed by atoms with van der Waals surface area (Å²) in [6, 6.07) is 0. The van der Waals surface area contributed by atoms with E-state index in [-0.39, 0.29) is 11.8 Å². The summed E-state index contributed by atoms with van der Waals surface area (Å²) in [6.45, 7) is 0.750. The van der Waals surface area contributed by atoms with Gasteiger partial charge in [0.1, 0.15) is 0 Å². The van der Waals surface area contributed by atoms with Crippen molar-refractivity contribution in [1.29, 1.82) is 0 Å². The van der Waals surface area contributed by atoms with Crippen LogP contribution < -0.4 is 0 Å². The smallest absolute Gasteiger partial charge is 0.335 e. The lowest BCUT2D eigenvalue weighted by atomic mass is 9.98. The second-order valence-electron chi connectivity index (χ2n) is 4.61. The van der Waals surface area contributed by atoms with Crippen molar-refractivity contribution in [1.82, 2.24) is 14.5 Å². The molecule has 0 bridgehead atoms. The molecule has 19 heavy (non-hydrogen) atoms. The van der Waals surface area contributed by atoms with Crippen molar-refractivity contribution in [2.45, 2.75) is 24.0 Å². The molecule has 10 heteroatoms. The molecule has 1 aromatic rings. The van der Waals surface area contributed by atoms with Crippen LogP contribution >= 0.6 is 0 Å². The minimum Gasteiger partial charge on any atom is -0.412 e. The molecule has 108 valence electrons. The lowest BCUT2D eigenvalue weighted by Crippen LogP contribution is -2.37. The molecular weight excluding hydrogens is 294 g/mol. The van der Waals surface area contributed by atoms with Crippen molar-refractivity contribution in [2.75, 3.05) is 25.6 Å². The fraction of sp³-hybridized carbons (Fsp3) is 0.778. The van der Waals surface area contributed by atoms with Gasteiger partial charge in [0.15, 0.2) is 0 Å². The molecule has 1 aliphatic rings. The van der Waals surface area contributed by atoms with Gasteiger partial charge in [0.2, 0.25) is 25.8 Å². The zero-order chi connectivity index (χ0) is 14.3. The van der Waals surface area contributed by atoms with Crippen molar-refractivity contribution in [3.05, 3.63) is 5.89 Å². The molecule has 0 amide bonds. The number of rotatable bonds is 3. The van der Waals surface area contributed by atoms with Gasteiger partial charge in [0, 0.05) is 25.3 Å². The highest BCUT2D eigenvalue weighted by molar-refractivity contribution is 7.90. The van der Waals surface area contributed by atoms with Crippen molar-refractivity contribution >= 4 is 19.9 Å². The fourth-order valence-electron chi connectivity index (χ4n) is 1.97. The highest BCUT2D eigenvalue weighted by atomic mass is 32.2. The molecule has 0 atom stereocenters. The van der Waals surface area contributed by atoms with Crippen LogP contribution in [0.4, 0.5) is 0 Å². The molecule has 1 saturated heterocycles. The average Bonchev–Trinajstić information content (AvgIpc) is 2.77. The lowest BCUT2D eigenvalue weighted by Gasteiger charge is -2.28. The number of piperidine rings is 1. The van der Waals surface area contributed by atoms with Crippen LogP contribution in [0.1, 0.15) is 24.7 Å². The summed E-state index contributed by atoms with van der Waals surface area (Å²) in [5.41, 5.74) is 0. The Bertz CT molecular complexity index is 656. The van der Waals surface area contributed by atoms with Gasteiger partial charge in [-0.2, -0.15) is 0 Å². The van der Waals surface area contributed by atoms with Gasteiger partial charge in [0.25, 0.3) is 0 Å². The molecule has 2 heterocycles. The first-order valence-electron chi connectivity index (χ1n) is 5.66. The van der Waals surface area contributed by atoms with E-state index in [4.69, 9.17) is 4.42 Å². The fourth-order valence-corrected chi connectivity index (χ4v) is 3.27. The average molecular weight is 309 g/mol. The predicted octanol–water partition coefficient (Wildman–Crippen LogP) is -0.388. The maximum atomic E-state index is 11.4. The second kappa shape index (κ2) is 4.84. The standard InChI is InChI=1S/C9H15N3O5S2/c1-18(13,14)9-11-10-8(17-9)7-3-5-12(6-4-7)19(2,15)16/h7H,3-6H2,1-2H3. The van der Waals surface area contributed by atoms with E-state index < -0.39 is 25.1 Å². The first kappa shape index (κ1) is 14.4. The Kier molecular flexibility index (Phi) is 3.67. The van der Waals surface area contributed by atoms with Gasteiger partial charge in [-0.15, -0.1) is 5.10 Å². The molecule has 0 radical (unpaired) electrons. The van der Waals surface area contributed by atoms with E-state index in [0.717, 1.165) is 6.26 Å². The summed E-state index contributed by atoms with van der Waals surface area (Å²) >= 11 is 0. The molecule has 0 saturated carbocycles. The number of aromatic nitrogens is 2. The van der Waals surface area contributed by atoms with E-state index in [1.807, 2.05) is 0 Å². The van der Waals surface area contributed by atoms with Crippen molar-refractivity contribution in [3.63, 3.8) is 0 Å². The monoisotopic (exact) mass is 309 g/mol. The van der Waals surface area contributed by atoms with Crippen LogP contribution in [-0.4, -0.2) is 56.9 Å². The summed E-state index contributed by atoms with van der Waals surface area (Å²) in [4.78, 5) is 0. The highest BCUT2D eigenvalue weighted by Gasteiger charge is 2.29. The van der Waals surface area contributed by atoms with Crippen molar-refractivity contribution < 1.29 is 21.3 Å². The van der Waals surface area contributed by atoms with Crippen LogP contribution in [0.5, 0.6) is 0 Å². The van der Waals surface area contributed by atoms with Crippen LogP contribution in [0.3, 0.4) is 0 Å². The van der Waals surface area contributed by atoms with Crippen molar-refractivity contribution in [3.8, 4) is 0 Å². The minimum atomic E-state index is -3.50. The van der Waals surface area contributed by atoms with E-state index >= 15 is 0 Å². The Hall–Kier alpha value is -1.00. The molecule has 1 fully saturated rings. The topological polar surface area (TPSA) is 110 Å². The Morgan fingerprint density at radius 3 is 2.11 bits per heavy atom. The van der Waals surface area contributed by atoms with Gasteiger partial charge >= 0.3 is 5.22 Å². The third-order valence-corrected chi connectivity index (χ3v) is 5.11. The van der Waals surface area contributed by atoms with Gasteiger partial charge in [-0.05, 0) is 12.8 Å². The molecule has 0 unspecified atom stereocenters. The summed E-state index contributed by atoms with van der Waals surface area (Å²) in [5, 5.41) is 6.83. The van der Waals surface area contributed by atoms with Crippen LogP contribution in [0.15, 0.2) is 9.64 Å². The highest BCUT2D eigenvalue weighted by Crippen LogP contribution is 2.28. The maximum absolute atomic E-state index is 11.4. The van der Waals surface area contributed by atoms with E-state index in [9.17, 15) is 16.8 Å². The largest absolute Gasteiger partial charge is 0.412 e. The van der Waals surface area contributed by atoms with Gasteiger partial charge in [-0.1, -0.05) is 5.10 Å². The SMILES string of the molecule is CS(=O)(=O)c1nnc(C2CCN(S(C)(=O)=O)CC2)o1. The first-order chi connectivity index (χ1) is 8.68. The number of sulfonamides is 1. The molecule has 1 aliphatic heterocycles. The van der Waals surface area contributed by atoms with Gasteiger partial charge in [0.05, 0.1) is 6.26 Å². The van der Waals surface area contributed by atoms with E-state index in [1.165, 1.54) is 10.6 Å². The van der Waals surface area contributed by atoms with Gasteiger partial charge < -0.3 is 4.42 Å². The van der Waals surface area contributed by atoms with Crippen LogP contribution in [-0.2, 0) is 19.9 Å². The Morgan fingerprint density at radius 2 is 1.68 bits per heavy atom. The Balaban J connectivity index is 2.08. The number of sulfone groups is 1. The quantitative estimate of drug-likeness (QED) is 0.747. The molecule has 0 aliphatic carbocycles. The summed E-state index contributed by atoms with van der Waals surface area (Å²) < 4.78 is 51.7. The zero-order valence-corrected chi connectivity index (χ0v) is 12.2. The van der Waals surface area contributed by atoms with Gasteiger partial charge in [-0.25, -0.2) is 21.1 Å². The summed E-state index contributed by atoms with van der Waals surface area (Å²) in [6.07, 6.45) is 3.25. The molecule has 8 nitrogen and oxygen atoms in total. The first-order valence-corrected chi connectivity index (χ1v) is 9.40. The van der Waals surface area contributed by atoms with Crippen LogP contribution in [0, 0.1) is 0 Å². The zero-order valence-electron chi connectivity index (χ0n) is 10.6. The molecule has 0 aromatic carbocycles. The second-order valence-corrected chi connectivity index (χ2v) is 8.49. The van der Waals surface area contributed by atoms with E-state index in [2.05, 4.69) is 10.2 Å². The molecule has 1 aromatic heterocycles. The lowest BCUT2D eigenvalue weighted by molar-refractivity contribution is 0.279. The third-order valence-electron chi connectivity index (χ3n) is 3.01. The third kappa shape index (κ3) is 3.31. The minimum absolute atomic E-state index is 0.0963. The normalized spacial score (nSPS) is 19.7. The van der Waals surface area contributed by atoms with Crippen LogP contribution in [0.2, 0.25) is 0 Å². The summed E-state index contributed by atoms with van der Waals surface area (Å²) in [5.74, 6) is 0.162. The molecule has 0 spiro atoms. The molecule has 0 N–H and O–H groups in total. The molecule has 2 rings (SSSR count). The van der Waals surface area contributed by atoms with Crippen LogP contribution in [0.25, 0.3) is 0 Å². The Morgan fingerprint density at radius 1 is 1.11 bits per heavy atom. The molecular formula is C9H15N3O5S2. The van der Waals surface area contributed by atoms with Crippen molar-refractivity contribution in [2.24, 2.45) is 0 Å². The number of hydrogen-bond acceptors (Lipinski definition) is 7. The summed E-state index contributed by atoms with van der Waals surface area (Å²) in [7, 11) is -6.68. The predicted molar refractivity (Wildman–Crippen MR) is 65.8 cm³/mol. The van der Waals surface area contributed by atoms with Gasteiger partial charge in [-0.3, -0.25) is 0 Å². The van der Waals surface area contributed by atoms with E-state index in [0.29, 0.717) is 25.9 Å². The number of nitrogens with zero attached hydrogens (tertiary/aromatic N) is 3. The number of hydrogen-bond donors (Lipinski definition) is 0. The van der Waals surface area contributed by atoms with E-state index in [1.54, 1.807) is 0 Å². The maximum Gasteiger partial charge on any atom is 0.335 e.